The number of nitrogens with zero attached hydrogens (tertiary/aromatic N) is 1. The van der Waals surface area contributed by atoms with E-state index >= 15 is 0 Å². The molecule has 0 aromatic heterocycles. The largest absolute Gasteiger partial charge is 0.330 e. The van der Waals surface area contributed by atoms with Gasteiger partial charge in [-0.3, -0.25) is 4.79 Å². The maximum Gasteiger partial charge on any atom is 0.228 e. The van der Waals surface area contributed by atoms with Gasteiger partial charge in [0.1, 0.15) is 0 Å². The summed E-state index contributed by atoms with van der Waals surface area (Å²) in [4.78, 5) is 13.4. The van der Waals surface area contributed by atoms with E-state index in [1.54, 1.807) is 4.90 Å². The minimum Gasteiger partial charge on any atom is -0.330 e. The molecule has 0 spiro atoms. The minimum absolute atomic E-state index is 0.0313. The molecule has 1 aliphatic heterocycles. The summed E-state index contributed by atoms with van der Waals surface area (Å²) in [7, 11) is 0. The quantitative estimate of drug-likeness (QED) is 0.765. The fourth-order valence-electron chi connectivity index (χ4n) is 1.99. The van der Waals surface area contributed by atoms with Gasteiger partial charge in [0.25, 0.3) is 0 Å². The van der Waals surface area contributed by atoms with E-state index < -0.39 is 0 Å². The molecule has 1 atom stereocenters. The Morgan fingerprint density at radius 2 is 2.00 bits per heavy atom. The molecule has 86 valence electrons. The van der Waals surface area contributed by atoms with Crippen LogP contribution in [0.1, 0.15) is 12.0 Å². The molecule has 16 heavy (non-hydrogen) atoms. The SMILES string of the molecule is NCCc1ccc(N2CC(N)CC2=O)cc1. The molecule has 1 heterocycles. The molecule has 2 rings (SSSR count). The van der Waals surface area contributed by atoms with Crippen LogP contribution >= 0.6 is 0 Å². The summed E-state index contributed by atoms with van der Waals surface area (Å²) in [6.07, 6.45) is 1.32. The highest BCUT2D eigenvalue weighted by molar-refractivity contribution is 5.96. The maximum atomic E-state index is 11.6. The third kappa shape index (κ3) is 2.23. The Kier molecular flexibility index (Phi) is 3.22. The van der Waals surface area contributed by atoms with Crippen LogP contribution in [-0.4, -0.2) is 25.0 Å². The molecule has 4 heteroatoms. The average Bonchev–Trinajstić information content (AvgIpc) is 2.59. The lowest BCUT2D eigenvalue weighted by Crippen LogP contribution is -2.27. The van der Waals surface area contributed by atoms with Crippen molar-refractivity contribution in [2.45, 2.75) is 18.9 Å². The summed E-state index contributed by atoms with van der Waals surface area (Å²) in [6, 6.07) is 7.91. The second-order valence-corrected chi connectivity index (χ2v) is 4.17. The van der Waals surface area contributed by atoms with Crippen molar-refractivity contribution < 1.29 is 4.79 Å². The molecule has 0 bridgehead atoms. The van der Waals surface area contributed by atoms with Crippen molar-refractivity contribution in [1.82, 2.24) is 0 Å². The first-order chi connectivity index (χ1) is 7.70. The van der Waals surface area contributed by atoms with E-state index in [0.29, 0.717) is 19.5 Å². The van der Waals surface area contributed by atoms with Crippen molar-refractivity contribution in [3.8, 4) is 0 Å². The fourth-order valence-corrected chi connectivity index (χ4v) is 1.99. The van der Waals surface area contributed by atoms with Crippen LogP contribution < -0.4 is 16.4 Å². The van der Waals surface area contributed by atoms with Gasteiger partial charge in [0.05, 0.1) is 0 Å². The van der Waals surface area contributed by atoms with Crippen LogP contribution in [0.3, 0.4) is 0 Å². The Morgan fingerprint density at radius 1 is 1.31 bits per heavy atom. The molecule has 4 N–H and O–H groups in total. The molecule has 1 saturated heterocycles. The molecule has 0 saturated carbocycles. The molecule has 0 aliphatic carbocycles. The molecular formula is C12H17N3O. The number of rotatable bonds is 3. The number of anilines is 1. The number of amides is 1. The van der Waals surface area contributed by atoms with E-state index in [0.717, 1.165) is 12.1 Å². The van der Waals surface area contributed by atoms with Gasteiger partial charge in [0.15, 0.2) is 0 Å². The van der Waals surface area contributed by atoms with Gasteiger partial charge in [0.2, 0.25) is 5.91 Å². The second-order valence-electron chi connectivity index (χ2n) is 4.17. The Hall–Kier alpha value is -1.39. The number of carbonyl (C=O) groups is 1. The van der Waals surface area contributed by atoms with E-state index in [-0.39, 0.29) is 11.9 Å². The van der Waals surface area contributed by atoms with Crippen molar-refractivity contribution in [2.75, 3.05) is 18.0 Å². The zero-order chi connectivity index (χ0) is 11.5. The van der Waals surface area contributed by atoms with E-state index in [1.165, 1.54) is 5.56 Å². The molecule has 1 aliphatic rings. The lowest BCUT2D eigenvalue weighted by atomic mass is 10.1. The van der Waals surface area contributed by atoms with E-state index in [2.05, 4.69) is 0 Å². The number of carbonyl (C=O) groups excluding carboxylic acids is 1. The Bertz CT molecular complexity index is 374. The fraction of sp³-hybridized carbons (Fsp3) is 0.417. The van der Waals surface area contributed by atoms with Gasteiger partial charge < -0.3 is 16.4 Å². The Labute approximate surface area is 95.2 Å². The highest BCUT2D eigenvalue weighted by Gasteiger charge is 2.27. The lowest BCUT2D eigenvalue weighted by Gasteiger charge is -2.16. The summed E-state index contributed by atoms with van der Waals surface area (Å²) < 4.78 is 0. The molecule has 4 nitrogen and oxygen atoms in total. The van der Waals surface area contributed by atoms with Gasteiger partial charge in [-0.05, 0) is 30.7 Å². The van der Waals surface area contributed by atoms with Crippen LogP contribution in [0, 0.1) is 0 Å². The van der Waals surface area contributed by atoms with Crippen LogP contribution in [0.4, 0.5) is 5.69 Å². The third-order valence-electron chi connectivity index (χ3n) is 2.84. The standard InChI is InChI=1S/C12H17N3O/c13-6-5-9-1-3-11(4-2-9)15-8-10(14)7-12(15)16/h1-4,10H,5-8,13-14H2. The van der Waals surface area contributed by atoms with Gasteiger partial charge in [-0.25, -0.2) is 0 Å². The topological polar surface area (TPSA) is 72.3 Å². The molecule has 1 aromatic carbocycles. The smallest absolute Gasteiger partial charge is 0.228 e. The van der Waals surface area contributed by atoms with Crippen molar-refractivity contribution in [2.24, 2.45) is 11.5 Å². The Balaban J connectivity index is 2.12. The average molecular weight is 219 g/mol. The number of hydrogen-bond acceptors (Lipinski definition) is 3. The van der Waals surface area contributed by atoms with Gasteiger partial charge >= 0.3 is 0 Å². The monoisotopic (exact) mass is 219 g/mol. The predicted molar refractivity (Wildman–Crippen MR) is 64.1 cm³/mol. The molecule has 1 unspecified atom stereocenters. The molecule has 0 radical (unpaired) electrons. The highest BCUT2D eigenvalue weighted by Crippen LogP contribution is 2.21. The van der Waals surface area contributed by atoms with Crippen LogP contribution in [0.15, 0.2) is 24.3 Å². The third-order valence-corrected chi connectivity index (χ3v) is 2.84. The minimum atomic E-state index is -0.0313. The highest BCUT2D eigenvalue weighted by atomic mass is 16.2. The number of benzene rings is 1. The molecule has 1 aromatic rings. The van der Waals surface area contributed by atoms with Crippen LogP contribution in [0.25, 0.3) is 0 Å². The first-order valence-corrected chi connectivity index (χ1v) is 5.55. The van der Waals surface area contributed by atoms with Crippen LogP contribution in [-0.2, 0) is 11.2 Å². The summed E-state index contributed by atoms with van der Waals surface area (Å²) in [5.74, 6) is 0.110. The Morgan fingerprint density at radius 3 is 2.50 bits per heavy atom. The van der Waals surface area contributed by atoms with Crippen molar-refractivity contribution in [3.05, 3.63) is 29.8 Å². The van der Waals surface area contributed by atoms with E-state index in [1.807, 2.05) is 24.3 Å². The van der Waals surface area contributed by atoms with Crippen LogP contribution in [0.2, 0.25) is 0 Å². The summed E-state index contributed by atoms with van der Waals surface area (Å²) >= 11 is 0. The second kappa shape index (κ2) is 4.63. The van der Waals surface area contributed by atoms with Gasteiger partial charge in [-0.15, -0.1) is 0 Å². The van der Waals surface area contributed by atoms with Crippen molar-refractivity contribution in [3.63, 3.8) is 0 Å². The van der Waals surface area contributed by atoms with Crippen molar-refractivity contribution >= 4 is 11.6 Å². The molecule has 1 fully saturated rings. The van der Waals surface area contributed by atoms with Gasteiger partial charge in [0, 0.05) is 24.7 Å². The van der Waals surface area contributed by atoms with E-state index in [4.69, 9.17) is 11.5 Å². The van der Waals surface area contributed by atoms with Crippen LogP contribution in [0.5, 0.6) is 0 Å². The van der Waals surface area contributed by atoms with Gasteiger partial charge in [-0.1, -0.05) is 12.1 Å². The first-order valence-electron chi connectivity index (χ1n) is 5.55. The molecule has 1 amide bonds. The number of nitrogens with two attached hydrogens (primary N) is 2. The van der Waals surface area contributed by atoms with E-state index in [9.17, 15) is 4.79 Å². The van der Waals surface area contributed by atoms with Crippen molar-refractivity contribution in [1.29, 1.82) is 0 Å². The van der Waals surface area contributed by atoms with Gasteiger partial charge in [-0.2, -0.15) is 0 Å². The number of hydrogen-bond donors (Lipinski definition) is 2. The summed E-state index contributed by atoms with van der Waals surface area (Å²) in [5.41, 5.74) is 13.4. The first kappa shape index (κ1) is 11.1. The zero-order valence-electron chi connectivity index (χ0n) is 9.23. The predicted octanol–water partition coefficient (Wildman–Crippen LogP) is 0.252. The summed E-state index contributed by atoms with van der Waals surface area (Å²) in [5, 5.41) is 0. The summed E-state index contributed by atoms with van der Waals surface area (Å²) in [6.45, 7) is 1.27. The molecular weight excluding hydrogens is 202 g/mol. The normalized spacial score (nSPS) is 20.5. The zero-order valence-corrected chi connectivity index (χ0v) is 9.23. The lowest BCUT2D eigenvalue weighted by molar-refractivity contribution is -0.117. The maximum absolute atomic E-state index is 11.6.